The van der Waals surface area contributed by atoms with E-state index in [0.29, 0.717) is 19.4 Å². The van der Waals surface area contributed by atoms with Crippen molar-refractivity contribution in [3.05, 3.63) is 42.1 Å². The van der Waals surface area contributed by atoms with E-state index < -0.39 is 0 Å². The van der Waals surface area contributed by atoms with E-state index in [1.807, 2.05) is 42.0 Å². The fourth-order valence-corrected chi connectivity index (χ4v) is 2.69. The third-order valence-electron chi connectivity index (χ3n) is 3.88. The van der Waals surface area contributed by atoms with Crippen LogP contribution in [0.5, 0.6) is 0 Å². The van der Waals surface area contributed by atoms with Crippen LogP contribution in [0.4, 0.5) is 0 Å². The van der Waals surface area contributed by atoms with E-state index in [1.165, 1.54) is 6.08 Å². The molecule has 5 heteroatoms. The Labute approximate surface area is 142 Å². The van der Waals surface area contributed by atoms with Crippen molar-refractivity contribution >= 4 is 22.9 Å². The van der Waals surface area contributed by atoms with E-state index in [0.717, 1.165) is 22.9 Å². The summed E-state index contributed by atoms with van der Waals surface area (Å²) < 4.78 is 2.04. The number of carbonyl (C=O) groups excluding carboxylic acids is 1. The number of benzene rings is 1. The van der Waals surface area contributed by atoms with Crippen molar-refractivity contribution in [2.45, 2.75) is 38.8 Å². The molecule has 0 aliphatic carbocycles. The number of aliphatic hydroxyl groups is 1. The van der Waals surface area contributed by atoms with Gasteiger partial charge in [-0.1, -0.05) is 18.2 Å². The highest BCUT2D eigenvalue weighted by molar-refractivity contribution is 5.96. The summed E-state index contributed by atoms with van der Waals surface area (Å²) in [6.07, 6.45) is 7.19. The molecule has 1 atom stereocenters. The molecule has 2 aromatic rings. The van der Waals surface area contributed by atoms with Gasteiger partial charge in [0.05, 0.1) is 12.5 Å². The van der Waals surface area contributed by atoms with Crippen molar-refractivity contribution in [1.82, 2.24) is 9.88 Å². The number of aliphatic hydroxyl groups excluding tert-OH is 1. The molecule has 0 radical (unpaired) electrons. The Morgan fingerprint density at radius 1 is 1.46 bits per heavy atom. The van der Waals surface area contributed by atoms with Gasteiger partial charge in [-0.15, -0.1) is 0 Å². The highest BCUT2D eigenvalue weighted by atomic mass is 16.3. The maximum atomic E-state index is 12.0. The molecular formula is C19H23N3O2. The fraction of sp³-hybridized carbons (Fsp3) is 0.368. The van der Waals surface area contributed by atoms with Gasteiger partial charge in [0.2, 0.25) is 5.91 Å². The molecule has 24 heavy (non-hydrogen) atoms. The SMILES string of the molecule is CC(CCCO)NC(=O)/C=C/c1cn(CCC#N)c2ccccc12. The largest absolute Gasteiger partial charge is 0.396 e. The van der Waals surface area contributed by atoms with Gasteiger partial charge >= 0.3 is 0 Å². The highest BCUT2D eigenvalue weighted by Crippen LogP contribution is 2.22. The first kappa shape index (κ1) is 17.8. The van der Waals surface area contributed by atoms with Crippen molar-refractivity contribution in [2.75, 3.05) is 6.61 Å². The minimum Gasteiger partial charge on any atom is -0.396 e. The van der Waals surface area contributed by atoms with Crippen LogP contribution in [-0.2, 0) is 11.3 Å². The van der Waals surface area contributed by atoms with Gasteiger partial charge in [-0.05, 0) is 31.9 Å². The Kier molecular flexibility index (Phi) is 6.59. The zero-order valence-electron chi connectivity index (χ0n) is 13.9. The van der Waals surface area contributed by atoms with Gasteiger partial charge < -0.3 is 15.0 Å². The molecule has 0 aliphatic heterocycles. The van der Waals surface area contributed by atoms with Crippen molar-refractivity contribution < 1.29 is 9.90 Å². The number of nitrogens with zero attached hydrogens (tertiary/aromatic N) is 2. The van der Waals surface area contributed by atoms with Gasteiger partial charge in [-0.25, -0.2) is 0 Å². The minimum absolute atomic E-state index is 0.0336. The number of hydrogen-bond donors (Lipinski definition) is 2. The van der Waals surface area contributed by atoms with Crippen molar-refractivity contribution in [3.63, 3.8) is 0 Å². The molecule has 1 heterocycles. The minimum atomic E-state index is -0.144. The lowest BCUT2D eigenvalue weighted by molar-refractivity contribution is -0.117. The van der Waals surface area contributed by atoms with Crippen molar-refractivity contribution in [1.29, 1.82) is 5.26 Å². The van der Waals surface area contributed by atoms with Crippen LogP contribution in [0, 0.1) is 11.3 Å². The van der Waals surface area contributed by atoms with Gasteiger partial charge in [0.1, 0.15) is 0 Å². The van der Waals surface area contributed by atoms with E-state index in [4.69, 9.17) is 10.4 Å². The maximum Gasteiger partial charge on any atom is 0.244 e. The summed E-state index contributed by atoms with van der Waals surface area (Å²) >= 11 is 0. The summed E-state index contributed by atoms with van der Waals surface area (Å²) in [5.41, 5.74) is 2.02. The number of aryl methyl sites for hydroxylation is 1. The topological polar surface area (TPSA) is 78.0 Å². The molecule has 2 N–H and O–H groups in total. The lowest BCUT2D eigenvalue weighted by atomic mass is 10.1. The predicted molar refractivity (Wildman–Crippen MR) is 95.1 cm³/mol. The van der Waals surface area contributed by atoms with Crippen LogP contribution in [0.1, 0.15) is 31.7 Å². The standard InChI is InChI=1S/C19H23N3O2/c1-15(6-4-13-23)21-19(24)10-9-16-14-22(12-5-11-20)18-8-3-2-7-17(16)18/h2-3,7-10,14-15,23H,4-6,12-13H2,1H3,(H,21,24)/b10-9+. The van der Waals surface area contributed by atoms with Crippen LogP contribution >= 0.6 is 0 Å². The Bertz CT molecular complexity index is 756. The van der Waals surface area contributed by atoms with Gasteiger partial charge in [0.15, 0.2) is 0 Å². The molecule has 0 bridgehead atoms. The number of rotatable bonds is 8. The third kappa shape index (κ3) is 4.71. The third-order valence-corrected chi connectivity index (χ3v) is 3.88. The second kappa shape index (κ2) is 8.90. The molecule has 126 valence electrons. The average Bonchev–Trinajstić information content (AvgIpc) is 2.94. The molecule has 2 rings (SSSR count). The smallest absolute Gasteiger partial charge is 0.244 e. The van der Waals surface area contributed by atoms with Crippen LogP contribution < -0.4 is 5.32 Å². The molecule has 0 spiro atoms. The Morgan fingerprint density at radius 3 is 3.00 bits per heavy atom. The maximum absolute atomic E-state index is 12.0. The number of para-hydroxylation sites is 1. The summed E-state index contributed by atoms with van der Waals surface area (Å²) in [4.78, 5) is 12.0. The molecule has 0 saturated carbocycles. The number of nitrogens with one attached hydrogen (secondary N) is 1. The van der Waals surface area contributed by atoms with Gasteiger partial charge in [0, 0.05) is 47.9 Å². The predicted octanol–water partition coefficient (Wildman–Crippen LogP) is 2.85. The normalized spacial score (nSPS) is 12.4. The number of carbonyl (C=O) groups is 1. The van der Waals surface area contributed by atoms with E-state index in [9.17, 15) is 4.79 Å². The monoisotopic (exact) mass is 325 g/mol. The lowest BCUT2D eigenvalue weighted by Gasteiger charge is -2.10. The zero-order chi connectivity index (χ0) is 17.4. The summed E-state index contributed by atoms with van der Waals surface area (Å²) in [6, 6.07) is 10.2. The van der Waals surface area contributed by atoms with E-state index >= 15 is 0 Å². The number of hydrogen-bond acceptors (Lipinski definition) is 3. The summed E-state index contributed by atoms with van der Waals surface area (Å²) in [5.74, 6) is -0.144. The zero-order valence-corrected chi connectivity index (χ0v) is 13.9. The molecule has 0 saturated heterocycles. The molecule has 0 aliphatic rings. The quantitative estimate of drug-likeness (QED) is 0.733. The second-order valence-electron chi connectivity index (χ2n) is 5.81. The summed E-state index contributed by atoms with van der Waals surface area (Å²) in [7, 11) is 0. The van der Waals surface area contributed by atoms with Gasteiger partial charge in [0.25, 0.3) is 0 Å². The molecular weight excluding hydrogens is 302 g/mol. The Morgan fingerprint density at radius 2 is 2.25 bits per heavy atom. The van der Waals surface area contributed by atoms with Crippen molar-refractivity contribution in [2.24, 2.45) is 0 Å². The Hall–Kier alpha value is -2.58. The lowest BCUT2D eigenvalue weighted by Crippen LogP contribution is -2.31. The average molecular weight is 325 g/mol. The summed E-state index contributed by atoms with van der Waals surface area (Å²) in [5, 5.41) is 21.5. The van der Waals surface area contributed by atoms with Gasteiger partial charge in [-0.2, -0.15) is 5.26 Å². The molecule has 1 amide bonds. The van der Waals surface area contributed by atoms with Crippen LogP contribution in [0.25, 0.3) is 17.0 Å². The molecule has 0 fully saturated rings. The number of aromatic nitrogens is 1. The molecule has 1 unspecified atom stereocenters. The molecule has 5 nitrogen and oxygen atoms in total. The van der Waals surface area contributed by atoms with E-state index in [2.05, 4.69) is 11.4 Å². The Balaban J connectivity index is 2.11. The second-order valence-corrected chi connectivity index (χ2v) is 5.81. The molecule has 1 aromatic heterocycles. The van der Waals surface area contributed by atoms with Crippen LogP contribution in [0.15, 0.2) is 36.5 Å². The fourth-order valence-electron chi connectivity index (χ4n) is 2.69. The van der Waals surface area contributed by atoms with Gasteiger partial charge in [-0.3, -0.25) is 4.79 Å². The summed E-state index contributed by atoms with van der Waals surface area (Å²) in [6.45, 7) is 2.70. The number of fused-ring (bicyclic) bond motifs is 1. The van der Waals surface area contributed by atoms with Crippen LogP contribution in [-0.4, -0.2) is 28.2 Å². The molecule has 1 aromatic carbocycles. The van der Waals surface area contributed by atoms with Crippen molar-refractivity contribution in [3.8, 4) is 6.07 Å². The van der Waals surface area contributed by atoms with Crippen LogP contribution in [0.3, 0.4) is 0 Å². The number of nitriles is 1. The first-order chi connectivity index (χ1) is 11.7. The van der Waals surface area contributed by atoms with E-state index in [-0.39, 0.29) is 18.6 Å². The number of amides is 1. The highest BCUT2D eigenvalue weighted by Gasteiger charge is 2.07. The first-order valence-corrected chi connectivity index (χ1v) is 8.20. The van der Waals surface area contributed by atoms with Crippen LogP contribution in [0.2, 0.25) is 0 Å². The first-order valence-electron chi connectivity index (χ1n) is 8.20. The van der Waals surface area contributed by atoms with E-state index in [1.54, 1.807) is 6.08 Å².